The Labute approximate surface area is 86.6 Å². The number of ether oxygens (including phenoxy) is 1. The van der Waals surface area contributed by atoms with Crippen LogP contribution in [0.15, 0.2) is 18.2 Å². The van der Waals surface area contributed by atoms with Crippen molar-refractivity contribution >= 4 is 17.4 Å². The first-order valence-corrected chi connectivity index (χ1v) is 5.54. The second-order valence-electron chi connectivity index (χ2n) is 3.31. The quantitative estimate of drug-likeness (QED) is 0.780. The molecule has 14 heavy (non-hydrogen) atoms. The molecule has 1 heterocycles. The van der Waals surface area contributed by atoms with Crippen LogP contribution in [0.1, 0.15) is 5.56 Å². The Morgan fingerprint density at radius 3 is 2.93 bits per heavy atom. The predicted octanol–water partition coefficient (Wildman–Crippen LogP) is 2.04. The maximum absolute atomic E-state index is 12.9. The van der Waals surface area contributed by atoms with Crippen LogP contribution in [0.25, 0.3) is 0 Å². The fraction of sp³-hybridized carbons (Fsp3) is 0.400. The number of hydrogen-bond donors (Lipinski definition) is 1. The Hall–Kier alpha value is -0.740. The third-order valence-corrected chi connectivity index (χ3v) is 3.41. The molecule has 0 aliphatic carbocycles. The van der Waals surface area contributed by atoms with Crippen molar-refractivity contribution in [1.82, 2.24) is 0 Å². The molecule has 0 saturated carbocycles. The minimum absolute atomic E-state index is 0.223. The van der Waals surface area contributed by atoms with E-state index < -0.39 is 0 Å². The number of benzene rings is 1. The molecule has 1 aromatic rings. The molecule has 1 aliphatic rings. The summed E-state index contributed by atoms with van der Waals surface area (Å²) in [6, 6.07) is 4.50. The number of halogens is 1. The van der Waals surface area contributed by atoms with Gasteiger partial charge in [-0.05, 0) is 23.8 Å². The zero-order chi connectivity index (χ0) is 9.97. The largest absolute Gasteiger partial charge is 0.398 e. The molecule has 0 spiro atoms. The molecule has 76 valence electrons. The van der Waals surface area contributed by atoms with Crippen LogP contribution in [0.2, 0.25) is 0 Å². The third-order valence-electron chi connectivity index (χ3n) is 2.19. The second kappa shape index (κ2) is 4.19. The lowest BCUT2D eigenvalue weighted by atomic mass is 10.2. The number of hydrogen-bond acceptors (Lipinski definition) is 3. The van der Waals surface area contributed by atoms with Crippen LogP contribution >= 0.6 is 11.8 Å². The molecule has 1 aliphatic heterocycles. The molecule has 1 fully saturated rings. The molecule has 2 nitrogen and oxygen atoms in total. The maximum Gasteiger partial charge on any atom is 0.123 e. The van der Waals surface area contributed by atoms with Gasteiger partial charge in [0.2, 0.25) is 0 Å². The zero-order valence-electron chi connectivity index (χ0n) is 7.70. The van der Waals surface area contributed by atoms with E-state index in [0.717, 1.165) is 24.5 Å². The smallest absolute Gasteiger partial charge is 0.123 e. The van der Waals surface area contributed by atoms with E-state index in [1.54, 1.807) is 17.8 Å². The van der Waals surface area contributed by atoms with Crippen LogP contribution < -0.4 is 5.73 Å². The minimum Gasteiger partial charge on any atom is -0.398 e. The molecule has 1 saturated heterocycles. The molecule has 0 unspecified atom stereocenters. The van der Waals surface area contributed by atoms with Crippen LogP contribution in [0.3, 0.4) is 0 Å². The Bertz CT molecular complexity index is 328. The Morgan fingerprint density at radius 2 is 2.29 bits per heavy atom. The van der Waals surface area contributed by atoms with Gasteiger partial charge in [-0.3, -0.25) is 0 Å². The number of thioether (sulfide) groups is 1. The van der Waals surface area contributed by atoms with E-state index in [2.05, 4.69) is 0 Å². The van der Waals surface area contributed by atoms with Crippen molar-refractivity contribution in [1.29, 1.82) is 0 Å². The summed E-state index contributed by atoms with van der Waals surface area (Å²) >= 11 is 1.77. The fourth-order valence-electron chi connectivity index (χ4n) is 1.22. The lowest BCUT2D eigenvalue weighted by molar-refractivity contribution is 0.0455. The number of anilines is 1. The molecular weight excluding hydrogens is 201 g/mol. The molecule has 0 atom stereocenters. The molecule has 2 N–H and O–H groups in total. The summed E-state index contributed by atoms with van der Waals surface area (Å²) in [6.45, 7) is 1.61. The van der Waals surface area contributed by atoms with E-state index in [0.29, 0.717) is 10.9 Å². The predicted molar refractivity (Wildman–Crippen MR) is 56.7 cm³/mol. The molecular formula is C10H12FNOS. The van der Waals surface area contributed by atoms with Gasteiger partial charge in [-0.2, -0.15) is 0 Å². The summed E-state index contributed by atoms with van der Waals surface area (Å²) in [5, 5.41) is 0.553. The minimum atomic E-state index is -0.223. The van der Waals surface area contributed by atoms with Crippen molar-refractivity contribution in [3.8, 4) is 0 Å². The van der Waals surface area contributed by atoms with Crippen LogP contribution in [0.4, 0.5) is 10.1 Å². The molecule has 0 radical (unpaired) electrons. The monoisotopic (exact) mass is 213 g/mol. The van der Waals surface area contributed by atoms with E-state index in [-0.39, 0.29) is 5.82 Å². The van der Waals surface area contributed by atoms with Gasteiger partial charge in [-0.15, -0.1) is 11.8 Å². The number of nitrogen functional groups attached to an aromatic ring is 1. The molecule has 0 aromatic heterocycles. The zero-order valence-corrected chi connectivity index (χ0v) is 8.52. The first kappa shape index (κ1) is 9.80. The highest BCUT2D eigenvalue weighted by Crippen LogP contribution is 2.26. The van der Waals surface area contributed by atoms with Gasteiger partial charge < -0.3 is 10.5 Å². The second-order valence-corrected chi connectivity index (χ2v) is 4.60. The average molecular weight is 213 g/mol. The molecule has 2 rings (SSSR count). The standard InChI is InChI=1S/C10H12FNOS/c11-8-1-2-10(12)7(3-8)6-14-9-4-13-5-9/h1-3,9H,4-6,12H2. The fourth-order valence-corrected chi connectivity index (χ4v) is 2.27. The molecule has 4 heteroatoms. The highest BCUT2D eigenvalue weighted by molar-refractivity contribution is 7.99. The topological polar surface area (TPSA) is 35.2 Å². The first-order valence-electron chi connectivity index (χ1n) is 4.49. The highest BCUT2D eigenvalue weighted by atomic mass is 32.2. The Balaban J connectivity index is 1.96. The third kappa shape index (κ3) is 2.19. The van der Waals surface area contributed by atoms with Gasteiger partial charge in [-0.25, -0.2) is 4.39 Å². The van der Waals surface area contributed by atoms with E-state index in [1.807, 2.05) is 0 Å². The van der Waals surface area contributed by atoms with Crippen molar-refractivity contribution in [3.63, 3.8) is 0 Å². The summed E-state index contributed by atoms with van der Waals surface area (Å²) in [5.74, 6) is 0.539. The van der Waals surface area contributed by atoms with Gasteiger partial charge in [0, 0.05) is 11.4 Å². The van der Waals surface area contributed by atoms with Crippen molar-refractivity contribution in [2.75, 3.05) is 18.9 Å². The van der Waals surface area contributed by atoms with Crippen LogP contribution in [-0.2, 0) is 10.5 Å². The Morgan fingerprint density at radius 1 is 1.50 bits per heavy atom. The van der Waals surface area contributed by atoms with Gasteiger partial charge in [0.1, 0.15) is 5.82 Å². The van der Waals surface area contributed by atoms with Crippen molar-refractivity contribution in [3.05, 3.63) is 29.6 Å². The summed E-state index contributed by atoms with van der Waals surface area (Å²) < 4.78 is 17.9. The summed E-state index contributed by atoms with van der Waals surface area (Å²) in [5.41, 5.74) is 7.27. The highest BCUT2D eigenvalue weighted by Gasteiger charge is 2.18. The molecule has 0 amide bonds. The number of nitrogens with two attached hydrogens (primary N) is 1. The van der Waals surface area contributed by atoms with Crippen molar-refractivity contribution in [2.24, 2.45) is 0 Å². The first-order chi connectivity index (χ1) is 6.75. The summed E-state index contributed by atoms with van der Waals surface area (Å²) in [7, 11) is 0. The van der Waals surface area contributed by atoms with Crippen LogP contribution in [0, 0.1) is 5.82 Å². The Kier molecular flexibility index (Phi) is 2.93. The summed E-state index contributed by atoms with van der Waals surface area (Å²) in [6.07, 6.45) is 0. The van der Waals surface area contributed by atoms with Gasteiger partial charge in [0.25, 0.3) is 0 Å². The van der Waals surface area contributed by atoms with Gasteiger partial charge in [0.05, 0.1) is 18.5 Å². The molecule has 1 aromatic carbocycles. The van der Waals surface area contributed by atoms with Gasteiger partial charge in [0.15, 0.2) is 0 Å². The lowest BCUT2D eigenvalue weighted by Gasteiger charge is -2.25. The van der Waals surface area contributed by atoms with Crippen LogP contribution in [-0.4, -0.2) is 18.5 Å². The average Bonchev–Trinajstić information content (AvgIpc) is 2.08. The summed E-state index contributed by atoms with van der Waals surface area (Å²) in [4.78, 5) is 0. The van der Waals surface area contributed by atoms with Crippen molar-refractivity contribution in [2.45, 2.75) is 11.0 Å². The van der Waals surface area contributed by atoms with E-state index in [1.165, 1.54) is 12.1 Å². The van der Waals surface area contributed by atoms with E-state index >= 15 is 0 Å². The molecule has 0 bridgehead atoms. The maximum atomic E-state index is 12.9. The van der Waals surface area contributed by atoms with Crippen LogP contribution in [0.5, 0.6) is 0 Å². The van der Waals surface area contributed by atoms with Gasteiger partial charge in [-0.1, -0.05) is 0 Å². The SMILES string of the molecule is Nc1ccc(F)cc1CSC1COC1. The number of rotatable bonds is 3. The van der Waals surface area contributed by atoms with E-state index in [4.69, 9.17) is 10.5 Å². The lowest BCUT2D eigenvalue weighted by Crippen LogP contribution is -2.30. The normalized spacial score (nSPS) is 16.6. The van der Waals surface area contributed by atoms with Gasteiger partial charge >= 0.3 is 0 Å². The van der Waals surface area contributed by atoms with Crippen molar-refractivity contribution < 1.29 is 9.13 Å². The van der Waals surface area contributed by atoms with E-state index in [9.17, 15) is 4.39 Å².